The van der Waals surface area contributed by atoms with Gasteiger partial charge in [-0.3, -0.25) is 4.79 Å². The fourth-order valence-electron chi connectivity index (χ4n) is 1.99. The maximum atomic E-state index is 12.2. The molecule has 0 saturated carbocycles. The number of carbonyl (C=O) groups is 1. The molecule has 0 aromatic heterocycles. The normalized spacial score (nSPS) is 11.7. The van der Waals surface area contributed by atoms with E-state index in [2.05, 4.69) is 16.0 Å². The quantitative estimate of drug-likeness (QED) is 0.418. The van der Waals surface area contributed by atoms with Crippen LogP contribution in [0.3, 0.4) is 0 Å². The van der Waals surface area contributed by atoms with Gasteiger partial charge in [-0.15, -0.1) is 23.2 Å². The Morgan fingerprint density at radius 1 is 1.00 bits per heavy atom. The molecule has 0 aliphatic heterocycles. The molecule has 0 heterocycles. The number of aryl methyl sites for hydroxylation is 1. The number of thiocarbonyl (C=S) groups is 1. The molecule has 0 unspecified atom stereocenters. The largest absolute Gasteiger partial charge is 0.340 e. The summed E-state index contributed by atoms with van der Waals surface area (Å²) in [4.78, 5) is 11.3. The van der Waals surface area contributed by atoms with Crippen LogP contribution >= 0.6 is 35.4 Å². The Labute approximate surface area is 156 Å². The third-order valence-electron chi connectivity index (χ3n) is 3.25. The number of rotatable bonds is 5. The van der Waals surface area contributed by atoms with Crippen molar-refractivity contribution in [2.75, 3.05) is 5.32 Å². The third kappa shape index (κ3) is 5.37. The maximum absolute atomic E-state index is 12.2. The van der Waals surface area contributed by atoms with Crippen molar-refractivity contribution >= 4 is 52.1 Å². The smallest absolute Gasteiger partial charge is 0.252 e. The van der Waals surface area contributed by atoms with E-state index in [9.17, 15) is 4.79 Å². The summed E-state index contributed by atoms with van der Waals surface area (Å²) in [5, 5.41) is 9.01. The van der Waals surface area contributed by atoms with Gasteiger partial charge in [0.15, 0.2) is 5.11 Å². The molecule has 0 aliphatic carbocycles. The average Bonchev–Trinajstić information content (AvgIpc) is 2.57. The first-order valence-electron chi connectivity index (χ1n) is 7.24. The minimum Gasteiger partial charge on any atom is -0.340 e. The summed E-state index contributed by atoms with van der Waals surface area (Å²) in [6, 6.07) is 16.5. The Balaban J connectivity index is 1.99. The average molecular weight is 382 g/mol. The van der Waals surface area contributed by atoms with Gasteiger partial charge in [-0.25, -0.2) is 0 Å². The molecule has 0 bridgehead atoms. The monoisotopic (exact) mass is 381 g/mol. The summed E-state index contributed by atoms with van der Waals surface area (Å²) >= 11 is 17.2. The van der Waals surface area contributed by atoms with E-state index in [-0.39, 0.29) is 5.91 Å². The number of nitrogens with one attached hydrogen (secondary N) is 3. The number of hydrogen-bond donors (Lipinski definition) is 3. The molecular weight excluding hydrogens is 365 g/mol. The maximum Gasteiger partial charge on any atom is 0.252 e. The Bertz CT molecular complexity index is 710. The van der Waals surface area contributed by atoms with Crippen LogP contribution in [0.5, 0.6) is 0 Å². The topological polar surface area (TPSA) is 53.2 Å². The summed E-state index contributed by atoms with van der Waals surface area (Å²) < 4.78 is 0. The number of amides is 1. The molecule has 0 radical (unpaired) electrons. The lowest BCUT2D eigenvalue weighted by Crippen LogP contribution is -2.52. The van der Waals surface area contributed by atoms with Gasteiger partial charge in [-0.1, -0.05) is 36.4 Å². The first kappa shape index (κ1) is 18.5. The van der Waals surface area contributed by atoms with Crippen molar-refractivity contribution in [3.63, 3.8) is 0 Å². The van der Waals surface area contributed by atoms with Gasteiger partial charge in [0.2, 0.25) is 0 Å². The van der Waals surface area contributed by atoms with Crippen LogP contribution in [0.2, 0.25) is 0 Å². The van der Waals surface area contributed by atoms with Crippen molar-refractivity contribution in [3.8, 4) is 0 Å². The summed E-state index contributed by atoms with van der Waals surface area (Å²) in [7, 11) is 0. The predicted molar refractivity (Wildman–Crippen MR) is 104 cm³/mol. The zero-order valence-corrected chi connectivity index (χ0v) is 15.3. The molecule has 0 aliphatic rings. The highest BCUT2D eigenvalue weighted by molar-refractivity contribution is 7.80. The first-order valence-corrected chi connectivity index (χ1v) is 8.52. The lowest BCUT2D eigenvalue weighted by atomic mass is 10.2. The minimum absolute atomic E-state index is 0.293. The standard InChI is InChI=1S/C17H17Cl2N3OS/c1-11-7-5-6-10-13(11)20-17(24)22-15(14(18)19)21-16(23)12-8-3-2-4-9-12/h2-10,14-15H,1H3,(H,21,23)(H2,20,22,24)/t15-/m1/s1. The van der Waals surface area contributed by atoms with E-state index in [0.29, 0.717) is 10.7 Å². The molecular formula is C17H17Cl2N3OS. The SMILES string of the molecule is Cc1ccccc1NC(=S)N[C@@H](NC(=O)c1ccccc1)C(Cl)Cl. The fourth-order valence-corrected chi connectivity index (χ4v) is 2.48. The third-order valence-corrected chi connectivity index (χ3v) is 3.98. The van der Waals surface area contributed by atoms with E-state index in [1.807, 2.05) is 37.3 Å². The number of halogens is 2. The molecule has 2 rings (SSSR count). The first-order chi connectivity index (χ1) is 11.5. The molecule has 7 heteroatoms. The number of benzene rings is 2. The van der Waals surface area contributed by atoms with Crippen LogP contribution in [0.1, 0.15) is 15.9 Å². The number of carbonyl (C=O) groups excluding carboxylic acids is 1. The van der Waals surface area contributed by atoms with E-state index >= 15 is 0 Å². The summed E-state index contributed by atoms with van der Waals surface area (Å²) in [5.41, 5.74) is 2.42. The van der Waals surface area contributed by atoms with Crippen LogP contribution in [0.25, 0.3) is 0 Å². The molecule has 0 spiro atoms. The molecule has 1 amide bonds. The van der Waals surface area contributed by atoms with Gasteiger partial charge < -0.3 is 16.0 Å². The van der Waals surface area contributed by atoms with Crippen molar-refractivity contribution < 1.29 is 4.79 Å². The van der Waals surface area contributed by atoms with Crippen molar-refractivity contribution in [2.45, 2.75) is 17.9 Å². The number of para-hydroxylation sites is 1. The van der Waals surface area contributed by atoms with Crippen molar-refractivity contribution in [2.24, 2.45) is 0 Å². The second kappa shape index (κ2) is 8.87. The molecule has 3 N–H and O–H groups in total. The zero-order valence-electron chi connectivity index (χ0n) is 12.9. The Hall–Kier alpha value is -1.82. The van der Waals surface area contributed by atoms with Crippen LogP contribution in [0, 0.1) is 6.92 Å². The van der Waals surface area contributed by atoms with E-state index in [0.717, 1.165) is 11.3 Å². The Morgan fingerprint density at radius 2 is 1.62 bits per heavy atom. The number of hydrogen-bond acceptors (Lipinski definition) is 2. The van der Waals surface area contributed by atoms with E-state index in [1.165, 1.54) is 0 Å². The fraction of sp³-hybridized carbons (Fsp3) is 0.176. The van der Waals surface area contributed by atoms with Gasteiger partial charge >= 0.3 is 0 Å². The van der Waals surface area contributed by atoms with Crippen LogP contribution in [-0.4, -0.2) is 22.0 Å². The predicted octanol–water partition coefficient (Wildman–Crippen LogP) is 3.84. The zero-order chi connectivity index (χ0) is 17.5. The highest BCUT2D eigenvalue weighted by atomic mass is 35.5. The van der Waals surface area contributed by atoms with Gasteiger partial charge in [-0.05, 0) is 42.9 Å². The van der Waals surface area contributed by atoms with Crippen LogP contribution in [0.15, 0.2) is 54.6 Å². The van der Waals surface area contributed by atoms with E-state index in [4.69, 9.17) is 35.4 Å². The van der Waals surface area contributed by atoms with Gasteiger partial charge in [0.1, 0.15) is 11.0 Å². The molecule has 1 atom stereocenters. The molecule has 24 heavy (non-hydrogen) atoms. The number of alkyl halides is 2. The van der Waals surface area contributed by atoms with E-state index in [1.54, 1.807) is 24.3 Å². The van der Waals surface area contributed by atoms with Crippen LogP contribution in [-0.2, 0) is 0 Å². The summed E-state index contributed by atoms with van der Waals surface area (Å²) in [6.07, 6.45) is -0.731. The van der Waals surface area contributed by atoms with Crippen molar-refractivity contribution in [3.05, 3.63) is 65.7 Å². The van der Waals surface area contributed by atoms with Gasteiger partial charge in [-0.2, -0.15) is 0 Å². The molecule has 4 nitrogen and oxygen atoms in total. The summed E-state index contributed by atoms with van der Waals surface area (Å²) in [6.45, 7) is 1.96. The van der Waals surface area contributed by atoms with Crippen LogP contribution < -0.4 is 16.0 Å². The van der Waals surface area contributed by atoms with Crippen LogP contribution in [0.4, 0.5) is 5.69 Å². The highest BCUT2D eigenvalue weighted by Crippen LogP contribution is 2.13. The molecule has 0 fully saturated rings. The second-order valence-corrected chi connectivity index (χ2v) is 6.64. The highest BCUT2D eigenvalue weighted by Gasteiger charge is 2.21. The lowest BCUT2D eigenvalue weighted by molar-refractivity contribution is 0.0936. The Morgan fingerprint density at radius 3 is 2.25 bits per heavy atom. The second-order valence-electron chi connectivity index (χ2n) is 5.06. The van der Waals surface area contributed by atoms with Gasteiger partial charge in [0.25, 0.3) is 5.91 Å². The van der Waals surface area contributed by atoms with Crippen molar-refractivity contribution in [1.82, 2.24) is 10.6 Å². The molecule has 2 aromatic carbocycles. The lowest BCUT2D eigenvalue weighted by Gasteiger charge is -2.23. The Kier molecular flexibility index (Phi) is 6.85. The van der Waals surface area contributed by atoms with Crippen molar-refractivity contribution in [1.29, 1.82) is 0 Å². The van der Waals surface area contributed by atoms with E-state index < -0.39 is 11.0 Å². The van der Waals surface area contributed by atoms with Gasteiger partial charge in [0.05, 0.1) is 0 Å². The molecule has 0 saturated heterocycles. The van der Waals surface area contributed by atoms with Gasteiger partial charge in [0, 0.05) is 11.3 Å². The number of anilines is 1. The molecule has 126 valence electrons. The minimum atomic E-state index is -0.880. The molecule has 2 aromatic rings. The summed E-state index contributed by atoms with van der Waals surface area (Å²) in [5.74, 6) is -0.293.